The Morgan fingerprint density at radius 3 is 2.81 bits per heavy atom. The van der Waals surface area contributed by atoms with E-state index in [1.165, 1.54) is 4.88 Å². The normalized spacial score (nSPS) is 27.2. The Morgan fingerprint density at radius 1 is 1.50 bits per heavy atom. The van der Waals surface area contributed by atoms with Gasteiger partial charge in [-0.25, -0.2) is 4.98 Å². The van der Waals surface area contributed by atoms with E-state index in [2.05, 4.69) is 31.1 Å². The first-order valence-corrected chi connectivity index (χ1v) is 6.73. The van der Waals surface area contributed by atoms with E-state index >= 15 is 0 Å². The third-order valence-electron chi connectivity index (χ3n) is 3.18. The van der Waals surface area contributed by atoms with E-state index in [0.717, 1.165) is 23.5 Å². The second-order valence-electron chi connectivity index (χ2n) is 4.52. The molecule has 90 valence electrons. The highest BCUT2D eigenvalue weighted by atomic mass is 32.1. The van der Waals surface area contributed by atoms with Gasteiger partial charge in [-0.05, 0) is 40.7 Å². The average Bonchev–Trinajstić information content (AvgIpc) is 2.83. The molecule has 3 unspecified atom stereocenters. The van der Waals surface area contributed by atoms with Crippen LogP contribution in [0.4, 0.5) is 0 Å². The van der Waals surface area contributed by atoms with E-state index in [-0.39, 0.29) is 6.10 Å². The van der Waals surface area contributed by atoms with Gasteiger partial charge < -0.3 is 10.1 Å². The van der Waals surface area contributed by atoms with Crippen molar-refractivity contribution in [3.8, 4) is 0 Å². The Balaban J connectivity index is 2.17. The summed E-state index contributed by atoms with van der Waals surface area (Å²) in [5.41, 5.74) is 1.14. The lowest BCUT2D eigenvalue weighted by molar-refractivity contribution is 0.0553. The summed E-state index contributed by atoms with van der Waals surface area (Å²) in [6.07, 6.45) is 2.89. The Hall–Kier alpha value is -0.450. The van der Waals surface area contributed by atoms with Gasteiger partial charge in [-0.15, -0.1) is 11.3 Å². The quantitative estimate of drug-likeness (QED) is 0.882. The lowest BCUT2D eigenvalue weighted by Gasteiger charge is -2.08. The zero-order chi connectivity index (χ0) is 11.7. The number of thiazole rings is 1. The largest absolute Gasteiger partial charge is 0.368 e. The van der Waals surface area contributed by atoms with Crippen LogP contribution >= 0.6 is 11.3 Å². The molecule has 0 spiro atoms. The Kier molecular flexibility index (Phi) is 3.62. The van der Waals surface area contributed by atoms with Crippen LogP contribution in [0.2, 0.25) is 0 Å². The van der Waals surface area contributed by atoms with Crippen LogP contribution in [-0.4, -0.2) is 18.1 Å². The zero-order valence-electron chi connectivity index (χ0n) is 10.4. The Morgan fingerprint density at radius 2 is 2.25 bits per heavy atom. The summed E-state index contributed by atoms with van der Waals surface area (Å²) < 4.78 is 5.86. The van der Waals surface area contributed by atoms with Gasteiger partial charge in [-0.3, -0.25) is 0 Å². The number of hydrogen-bond acceptors (Lipinski definition) is 4. The highest BCUT2D eigenvalue weighted by molar-refractivity contribution is 7.11. The molecule has 0 aliphatic carbocycles. The SMILES string of the molecule is CNC(C)c1sc(C2CCC(C)O2)nc1C. The molecule has 1 saturated heterocycles. The van der Waals surface area contributed by atoms with Crippen molar-refractivity contribution in [1.29, 1.82) is 0 Å². The molecule has 0 amide bonds. The van der Waals surface area contributed by atoms with Crippen molar-refractivity contribution >= 4 is 11.3 Å². The fourth-order valence-electron chi connectivity index (χ4n) is 2.08. The van der Waals surface area contributed by atoms with Crippen molar-refractivity contribution in [3.05, 3.63) is 15.6 Å². The third-order valence-corrected chi connectivity index (χ3v) is 4.61. The highest BCUT2D eigenvalue weighted by Crippen LogP contribution is 2.37. The number of aryl methyl sites for hydroxylation is 1. The molecule has 0 radical (unpaired) electrons. The summed E-state index contributed by atoms with van der Waals surface area (Å²) >= 11 is 1.79. The van der Waals surface area contributed by atoms with Crippen molar-refractivity contribution < 1.29 is 4.74 Å². The molecule has 0 aromatic carbocycles. The van der Waals surface area contributed by atoms with Crippen molar-refractivity contribution in [2.45, 2.75) is 51.9 Å². The molecule has 2 rings (SSSR count). The number of ether oxygens (including phenoxy) is 1. The number of nitrogens with one attached hydrogen (secondary N) is 1. The van der Waals surface area contributed by atoms with E-state index in [9.17, 15) is 0 Å². The third kappa shape index (κ3) is 2.29. The van der Waals surface area contributed by atoms with Crippen LogP contribution < -0.4 is 5.32 Å². The van der Waals surface area contributed by atoms with Gasteiger partial charge in [-0.1, -0.05) is 0 Å². The van der Waals surface area contributed by atoms with Gasteiger partial charge in [0.15, 0.2) is 0 Å². The second kappa shape index (κ2) is 4.82. The molecule has 1 aliphatic rings. The summed E-state index contributed by atoms with van der Waals surface area (Å²) in [6, 6.07) is 0.380. The molecule has 3 atom stereocenters. The van der Waals surface area contributed by atoms with Crippen molar-refractivity contribution in [3.63, 3.8) is 0 Å². The lowest BCUT2D eigenvalue weighted by atomic mass is 10.2. The van der Waals surface area contributed by atoms with Crippen molar-refractivity contribution in [2.24, 2.45) is 0 Å². The van der Waals surface area contributed by atoms with Gasteiger partial charge >= 0.3 is 0 Å². The highest BCUT2D eigenvalue weighted by Gasteiger charge is 2.27. The maximum atomic E-state index is 5.86. The number of aromatic nitrogens is 1. The summed E-state index contributed by atoms with van der Waals surface area (Å²) in [7, 11) is 1.98. The maximum absolute atomic E-state index is 5.86. The maximum Gasteiger partial charge on any atom is 0.122 e. The first kappa shape index (κ1) is 12.0. The smallest absolute Gasteiger partial charge is 0.122 e. The van der Waals surface area contributed by atoms with Crippen molar-refractivity contribution in [2.75, 3.05) is 7.05 Å². The monoisotopic (exact) mass is 240 g/mol. The fraction of sp³-hybridized carbons (Fsp3) is 0.750. The average molecular weight is 240 g/mol. The minimum absolute atomic E-state index is 0.233. The molecule has 1 N–H and O–H groups in total. The van der Waals surface area contributed by atoms with Gasteiger partial charge in [0.2, 0.25) is 0 Å². The van der Waals surface area contributed by atoms with E-state index < -0.39 is 0 Å². The molecule has 1 aliphatic heterocycles. The fourth-order valence-corrected chi connectivity index (χ4v) is 3.29. The molecule has 1 fully saturated rings. The molecular weight excluding hydrogens is 220 g/mol. The number of rotatable bonds is 3. The Labute approximate surface area is 101 Å². The predicted molar refractivity (Wildman–Crippen MR) is 66.8 cm³/mol. The van der Waals surface area contributed by atoms with Gasteiger partial charge in [0.25, 0.3) is 0 Å². The predicted octanol–water partition coefficient (Wildman–Crippen LogP) is 2.97. The van der Waals surface area contributed by atoms with Crippen LogP contribution in [0.25, 0.3) is 0 Å². The first-order valence-electron chi connectivity index (χ1n) is 5.91. The minimum Gasteiger partial charge on any atom is -0.368 e. The second-order valence-corrected chi connectivity index (χ2v) is 5.59. The van der Waals surface area contributed by atoms with Crippen LogP contribution in [0, 0.1) is 6.92 Å². The molecule has 3 nitrogen and oxygen atoms in total. The van der Waals surface area contributed by atoms with Crippen LogP contribution in [-0.2, 0) is 4.74 Å². The van der Waals surface area contributed by atoms with Gasteiger partial charge in [0.1, 0.15) is 11.1 Å². The van der Waals surface area contributed by atoms with Crippen LogP contribution in [0.15, 0.2) is 0 Å². The standard InChI is InChI=1S/C12H20N2OS/c1-7-5-6-10(15-7)12-14-9(3)11(16-12)8(2)13-4/h7-8,10,13H,5-6H2,1-4H3. The molecule has 0 bridgehead atoms. The molecular formula is C12H20N2OS. The topological polar surface area (TPSA) is 34.1 Å². The van der Waals surface area contributed by atoms with E-state index in [1.807, 2.05) is 7.05 Å². The lowest BCUT2D eigenvalue weighted by Crippen LogP contribution is -2.11. The minimum atomic E-state index is 0.233. The molecule has 1 aromatic heterocycles. The van der Waals surface area contributed by atoms with Crippen LogP contribution in [0.5, 0.6) is 0 Å². The first-order chi connectivity index (χ1) is 7.61. The van der Waals surface area contributed by atoms with E-state index in [1.54, 1.807) is 11.3 Å². The van der Waals surface area contributed by atoms with Crippen LogP contribution in [0.3, 0.4) is 0 Å². The molecule has 4 heteroatoms. The number of hydrogen-bond donors (Lipinski definition) is 1. The molecule has 1 aromatic rings. The van der Waals surface area contributed by atoms with E-state index in [4.69, 9.17) is 4.74 Å². The summed E-state index contributed by atoms with van der Waals surface area (Å²) in [6.45, 7) is 6.39. The molecule has 16 heavy (non-hydrogen) atoms. The zero-order valence-corrected chi connectivity index (χ0v) is 11.2. The molecule has 0 saturated carbocycles. The Bertz CT molecular complexity index is 364. The molecule has 2 heterocycles. The number of nitrogens with zero attached hydrogens (tertiary/aromatic N) is 1. The van der Waals surface area contributed by atoms with Crippen LogP contribution in [0.1, 0.15) is 54.4 Å². The summed E-state index contributed by atoms with van der Waals surface area (Å²) in [5, 5.41) is 4.42. The van der Waals surface area contributed by atoms with Gasteiger partial charge in [-0.2, -0.15) is 0 Å². The van der Waals surface area contributed by atoms with Gasteiger partial charge in [0, 0.05) is 10.9 Å². The van der Waals surface area contributed by atoms with Crippen molar-refractivity contribution in [1.82, 2.24) is 10.3 Å². The van der Waals surface area contributed by atoms with E-state index in [0.29, 0.717) is 12.1 Å². The summed E-state index contributed by atoms with van der Waals surface area (Å²) in [4.78, 5) is 5.98. The summed E-state index contributed by atoms with van der Waals surface area (Å²) in [5.74, 6) is 0. The van der Waals surface area contributed by atoms with Gasteiger partial charge in [0.05, 0.1) is 11.8 Å².